The SMILES string of the molecule is CCCCCCCC/C=C\CCCCCCCC(=O)OC[C@H](COP(=O)([O-])OCCNC(=O)CCCCCCCCCCCCCCCCC)OC(=O)CCCCCCC/C=C\CCCCCCCC. The van der Waals surface area contributed by atoms with Crippen molar-refractivity contribution >= 4 is 25.7 Å². The molecule has 0 radical (unpaired) electrons. The molecule has 70 heavy (non-hydrogen) atoms. The summed E-state index contributed by atoms with van der Waals surface area (Å²) in [6.45, 7) is 5.65. The van der Waals surface area contributed by atoms with Crippen molar-refractivity contribution in [2.75, 3.05) is 26.4 Å². The lowest BCUT2D eigenvalue weighted by atomic mass is 10.0. The van der Waals surface area contributed by atoms with Gasteiger partial charge < -0.3 is 28.7 Å². The number of unbranched alkanes of at least 4 members (excludes halogenated alkanes) is 36. The summed E-state index contributed by atoms with van der Waals surface area (Å²) in [5, 5.41) is 2.72. The minimum Gasteiger partial charge on any atom is -0.756 e. The second-order valence-electron chi connectivity index (χ2n) is 20.1. The number of phosphoric acid groups is 1. The summed E-state index contributed by atoms with van der Waals surface area (Å²) in [6.07, 6.45) is 57.9. The summed E-state index contributed by atoms with van der Waals surface area (Å²) in [5.74, 6) is -1.04. The summed E-state index contributed by atoms with van der Waals surface area (Å²) >= 11 is 0. The van der Waals surface area contributed by atoms with E-state index in [1.807, 2.05) is 0 Å². The normalized spacial score (nSPS) is 13.0. The van der Waals surface area contributed by atoms with Gasteiger partial charge in [-0.25, -0.2) is 0 Å². The van der Waals surface area contributed by atoms with Crippen LogP contribution in [0.4, 0.5) is 0 Å². The zero-order chi connectivity index (χ0) is 51.1. The van der Waals surface area contributed by atoms with Crippen LogP contribution in [0.3, 0.4) is 0 Å². The van der Waals surface area contributed by atoms with Crippen LogP contribution in [0, 0.1) is 0 Å². The Morgan fingerprint density at radius 1 is 0.429 bits per heavy atom. The molecule has 0 bridgehead atoms. The van der Waals surface area contributed by atoms with Gasteiger partial charge in [0.05, 0.1) is 13.2 Å². The molecule has 0 saturated heterocycles. The average Bonchev–Trinajstić information content (AvgIpc) is 3.34. The van der Waals surface area contributed by atoms with E-state index in [9.17, 15) is 23.8 Å². The molecule has 412 valence electrons. The van der Waals surface area contributed by atoms with E-state index in [1.54, 1.807) is 0 Å². The van der Waals surface area contributed by atoms with Crippen LogP contribution >= 0.6 is 7.82 Å². The first kappa shape index (κ1) is 68.0. The summed E-state index contributed by atoms with van der Waals surface area (Å²) < 4.78 is 33.8. The van der Waals surface area contributed by atoms with E-state index in [4.69, 9.17) is 18.5 Å². The van der Waals surface area contributed by atoms with E-state index in [1.165, 1.54) is 161 Å². The van der Waals surface area contributed by atoms with E-state index in [-0.39, 0.29) is 38.5 Å². The zero-order valence-corrected chi connectivity index (χ0v) is 46.8. The monoisotopic (exact) mass is 1010 g/mol. The summed E-state index contributed by atoms with van der Waals surface area (Å²) in [7, 11) is -4.79. The van der Waals surface area contributed by atoms with Crippen LogP contribution in [0.15, 0.2) is 24.3 Å². The Hall–Kier alpha value is -2.00. The predicted octanol–water partition coefficient (Wildman–Crippen LogP) is 17.4. The van der Waals surface area contributed by atoms with Crippen LogP contribution in [0.25, 0.3) is 0 Å². The van der Waals surface area contributed by atoms with Crippen LogP contribution < -0.4 is 10.2 Å². The van der Waals surface area contributed by atoms with E-state index < -0.39 is 32.5 Å². The van der Waals surface area contributed by atoms with Gasteiger partial charge in [0.25, 0.3) is 7.82 Å². The minimum absolute atomic E-state index is 0.0233. The third-order valence-electron chi connectivity index (χ3n) is 13.1. The second-order valence-corrected chi connectivity index (χ2v) is 21.5. The Labute approximate surface area is 431 Å². The molecule has 1 unspecified atom stereocenters. The van der Waals surface area contributed by atoms with Crippen molar-refractivity contribution in [2.24, 2.45) is 0 Å². The molecule has 0 fully saturated rings. The number of carbonyl (C=O) groups excluding carboxylic acids is 3. The van der Waals surface area contributed by atoms with Gasteiger partial charge in [0.15, 0.2) is 6.10 Å². The lowest BCUT2D eigenvalue weighted by Crippen LogP contribution is -2.31. The van der Waals surface area contributed by atoms with Crippen molar-refractivity contribution in [1.29, 1.82) is 0 Å². The van der Waals surface area contributed by atoms with Crippen molar-refractivity contribution in [3.05, 3.63) is 24.3 Å². The fraction of sp³-hybridized carbons (Fsp3) is 0.881. The Balaban J connectivity index is 4.50. The summed E-state index contributed by atoms with van der Waals surface area (Å²) in [4.78, 5) is 50.4. The molecule has 0 aliphatic rings. The third kappa shape index (κ3) is 53.8. The Morgan fingerprint density at radius 3 is 1.14 bits per heavy atom. The van der Waals surface area contributed by atoms with E-state index in [0.717, 1.165) is 89.9 Å². The lowest BCUT2D eigenvalue weighted by Gasteiger charge is -2.25. The van der Waals surface area contributed by atoms with E-state index in [0.29, 0.717) is 19.3 Å². The Morgan fingerprint density at radius 2 is 0.757 bits per heavy atom. The average molecular weight is 1010 g/mol. The molecular weight excluding hydrogens is 898 g/mol. The van der Waals surface area contributed by atoms with E-state index >= 15 is 0 Å². The molecule has 1 N–H and O–H groups in total. The van der Waals surface area contributed by atoms with Crippen LogP contribution in [-0.2, 0) is 37.5 Å². The summed E-state index contributed by atoms with van der Waals surface area (Å²) in [6, 6.07) is 0. The maximum absolute atomic E-state index is 12.8. The maximum Gasteiger partial charge on any atom is 0.306 e. The first-order valence-corrected chi connectivity index (χ1v) is 31.2. The van der Waals surface area contributed by atoms with Gasteiger partial charge in [-0.15, -0.1) is 0 Å². The van der Waals surface area contributed by atoms with Gasteiger partial charge >= 0.3 is 11.9 Å². The largest absolute Gasteiger partial charge is 0.756 e. The molecule has 0 aromatic heterocycles. The van der Waals surface area contributed by atoms with Gasteiger partial charge in [-0.1, -0.05) is 238 Å². The van der Waals surface area contributed by atoms with Gasteiger partial charge in [-0.3, -0.25) is 18.9 Å². The van der Waals surface area contributed by atoms with Crippen molar-refractivity contribution < 1.29 is 42.4 Å². The molecule has 0 spiro atoms. The van der Waals surface area contributed by atoms with Crippen molar-refractivity contribution in [3.63, 3.8) is 0 Å². The van der Waals surface area contributed by atoms with Gasteiger partial charge in [0.1, 0.15) is 6.61 Å². The van der Waals surface area contributed by atoms with Crippen molar-refractivity contribution in [2.45, 2.75) is 309 Å². The van der Waals surface area contributed by atoms with Crippen molar-refractivity contribution in [3.8, 4) is 0 Å². The molecule has 0 rings (SSSR count). The zero-order valence-electron chi connectivity index (χ0n) is 45.9. The molecule has 0 aliphatic heterocycles. The van der Waals surface area contributed by atoms with Crippen molar-refractivity contribution in [1.82, 2.24) is 5.32 Å². The molecule has 10 nitrogen and oxygen atoms in total. The van der Waals surface area contributed by atoms with Crippen LogP contribution in [0.2, 0.25) is 0 Å². The Kier molecular flexibility index (Phi) is 53.2. The number of amides is 1. The topological polar surface area (TPSA) is 140 Å². The molecular formula is C59H111NO9P-. The maximum atomic E-state index is 12.8. The van der Waals surface area contributed by atoms with Gasteiger partial charge in [-0.05, 0) is 70.6 Å². The molecule has 2 atom stereocenters. The first-order chi connectivity index (χ1) is 34.2. The molecule has 0 aromatic carbocycles. The highest BCUT2D eigenvalue weighted by atomic mass is 31.2. The van der Waals surface area contributed by atoms with Gasteiger partial charge in [0.2, 0.25) is 5.91 Å². The van der Waals surface area contributed by atoms with E-state index in [2.05, 4.69) is 50.4 Å². The van der Waals surface area contributed by atoms with Gasteiger partial charge in [0, 0.05) is 25.8 Å². The third-order valence-corrected chi connectivity index (χ3v) is 14.1. The highest BCUT2D eigenvalue weighted by Gasteiger charge is 2.21. The molecule has 1 amide bonds. The standard InChI is InChI=1S/C59H112NO9P/c1-4-7-10-13-16-19-22-25-28-31-34-37-40-43-46-49-57(61)60-52-53-67-70(64,65)68-55-56(69-59(63)51-48-45-42-39-36-33-30-27-24-21-18-15-12-9-6-3)54-66-58(62)50-47-44-41-38-35-32-29-26-23-20-17-14-11-8-5-2/h26-27,29-30,56H,4-25,28,31-55H2,1-3H3,(H,60,61)(H,64,65)/p-1/b29-26-,30-27-/t56-/m1/s1. The van der Waals surface area contributed by atoms with Crippen LogP contribution in [-0.4, -0.2) is 50.3 Å². The number of carbonyl (C=O) groups is 3. The number of hydrogen-bond acceptors (Lipinski definition) is 9. The Bertz CT molecular complexity index is 1260. The molecule has 0 saturated carbocycles. The number of esters is 2. The molecule has 0 aromatic rings. The number of hydrogen-bond donors (Lipinski definition) is 1. The lowest BCUT2D eigenvalue weighted by molar-refractivity contribution is -0.228. The molecule has 0 aliphatic carbocycles. The highest BCUT2D eigenvalue weighted by Crippen LogP contribution is 2.38. The molecule has 11 heteroatoms. The number of rotatable bonds is 56. The fourth-order valence-electron chi connectivity index (χ4n) is 8.60. The fourth-order valence-corrected chi connectivity index (χ4v) is 9.34. The van der Waals surface area contributed by atoms with Gasteiger partial charge in [-0.2, -0.15) is 0 Å². The predicted molar refractivity (Wildman–Crippen MR) is 292 cm³/mol. The minimum atomic E-state index is -4.79. The quantitative estimate of drug-likeness (QED) is 0.0273. The number of ether oxygens (including phenoxy) is 2. The second kappa shape index (κ2) is 54.8. The summed E-state index contributed by atoms with van der Waals surface area (Å²) in [5.41, 5.74) is 0. The van der Waals surface area contributed by atoms with Crippen LogP contribution in [0.1, 0.15) is 303 Å². The highest BCUT2D eigenvalue weighted by molar-refractivity contribution is 7.45. The molecule has 0 heterocycles. The number of nitrogens with one attached hydrogen (secondary N) is 1. The smallest absolute Gasteiger partial charge is 0.306 e. The number of allylic oxidation sites excluding steroid dienone is 4. The number of phosphoric ester groups is 1. The first-order valence-electron chi connectivity index (χ1n) is 29.8. The van der Waals surface area contributed by atoms with Crippen LogP contribution in [0.5, 0.6) is 0 Å².